The molecule has 0 bridgehead atoms. The van der Waals surface area contributed by atoms with Crippen LogP contribution in [0.15, 0.2) is 72.2 Å². The zero-order chi connectivity index (χ0) is 17.9. The summed E-state index contributed by atoms with van der Waals surface area (Å²) in [7, 11) is 0. The summed E-state index contributed by atoms with van der Waals surface area (Å²) in [5.74, 6) is -0.267. The summed E-state index contributed by atoms with van der Waals surface area (Å²) in [5.41, 5.74) is 2.80. The number of anilines is 1. The van der Waals surface area contributed by atoms with Crippen molar-refractivity contribution in [2.75, 3.05) is 5.32 Å². The molecule has 0 fully saturated rings. The molecule has 0 saturated carbocycles. The normalized spacial score (nSPS) is 10.7. The predicted octanol–water partition coefficient (Wildman–Crippen LogP) is 4.90. The number of halogens is 1. The lowest BCUT2D eigenvalue weighted by Crippen LogP contribution is -2.16. The molecule has 0 aliphatic heterocycles. The molecule has 0 atom stereocenters. The quantitative estimate of drug-likeness (QED) is 0.547. The van der Waals surface area contributed by atoms with Crippen LogP contribution in [0.2, 0.25) is 5.02 Å². The van der Waals surface area contributed by atoms with Crippen molar-refractivity contribution in [1.29, 1.82) is 0 Å². The van der Waals surface area contributed by atoms with Crippen LogP contribution in [0.4, 0.5) is 5.13 Å². The molecule has 4 rings (SSSR count). The number of nitrogens with zero attached hydrogens (tertiary/aromatic N) is 3. The molecule has 2 heterocycles. The Labute approximate surface area is 158 Å². The van der Waals surface area contributed by atoms with Gasteiger partial charge < -0.3 is 0 Å². The molecule has 4 aromatic rings. The van der Waals surface area contributed by atoms with Gasteiger partial charge in [-0.05, 0) is 30.3 Å². The monoisotopic (exact) mass is 380 g/mol. The highest BCUT2D eigenvalue weighted by molar-refractivity contribution is 7.13. The molecule has 2 aromatic carbocycles. The summed E-state index contributed by atoms with van der Waals surface area (Å²) < 4.78 is 1.63. The van der Waals surface area contributed by atoms with E-state index >= 15 is 0 Å². The lowest BCUT2D eigenvalue weighted by atomic mass is 10.1. The Bertz CT molecular complexity index is 1030. The Morgan fingerprint density at radius 3 is 2.54 bits per heavy atom. The average molecular weight is 381 g/mol. The summed E-state index contributed by atoms with van der Waals surface area (Å²) in [5, 5.41) is 10.4. The van der Waals surface area contributed by atoms with Crippen molar-refractivity contribution < 1.29 is 4.79 Å². The Morgan fingerprint density at radius 2 is 1.85 bits per heavy atom. The van der Waals surface area contributed by atoms with Crippen molar-refractivity contribution >= 4 is 34.0 Å². The molecule has 0 aliphatic rings. The van der Waals surface area contributed by atoms with Gasteiger partial charge in [0.25, 0.3) is 5.91 Å². The van der Waals surface area contributed by atoms with E-state index in [4.69, 9.17) is 11.6 Å². The highest BCUT2D eigenvalue weighted by atomic mass is 35.5. The van der Waals surface area contributed by atoms with Gasteiger partial charge in [0.2, 0.25) is 0 Å². The number of aromatic nitrogens is 3. The van der Waals surface area contributed by atoms with Gasteiger partial charge in [0, 0.05) is 22.2 Å². The lowest BCUT2D eigenvalue weighted by molar-refractivity contribution is 0.101. The standard InChI is InChI=1S/C19H13ClN4OS/c20-14-8-6-13(7-9-14)16-12-17(18(25)22-19-21-10-11-26-19)24(23-16)15-4-2-1-3-5-15/h1-12H,(H,21,22,25). The number of hydrogen-bond donors (Lipinski definition) is 1. The van der Waals surface area contributed by atoms with Gasteiger partial charge in [-0.15, -0.1) is 11.3 Å². The Kier molecular flexibility index (Phi) is 4.51. The third-order valence-corrected chi connectivity index (χ3v) is 4.68. The second-order valence-electron chi connectivity index (χ2n) is 5.46. The van der Waals surface area contributed by atoms with Gasteiger partial charge in [0.15, 0.2) is 5.13 Å². The van der Waals surface area contributed by atoms with Gasteiger partial charge in [0.1, 0.15) is 5.69 Å². The van der Waals surface area contributed by atoms with Gasteiger partial charge in [-0.3, -0.25) is 10.1 Å². The molecule has 0 spiro atoms. The number of rotatable bonds is 4. The molecule has 0 unspecified atom stereocenters. The Morgan fingerprint density at radius 1 is 1.08 bits per heavy atom. The first-order chi connectivity index (χ1) is 12.7. The van der Waals surface area contributed by atoms with Crippen molar-refractivity contribution in [3.8, 4) is 16.9 Å². The van der Waals surface area contributed by atoms with Gasteiger partial charge in [-0.2, -0.15) is 5.10 Å². The maximum absolute atomic E-state index is 12.8. The van der Waals surface area contributed by atoms with Gasteiger partial charge in [-0.1, -0.05) is 41.9 Å². The third kappa shape index (κ3) is 3.37. The molecule has 0 radical (unpaired) electrons. The van der Waals surface area contributed by atoms with E-state index in [0.717, 1.165) is 11.3 Å². The van der Waals surface area contributed by atoms with Crippen LogP contribution in [0.1, 0.15) is 10.5 Å². The summed E-state index contributed by atoms with van der Waals surface area (Å²) >= 11 is 7.33. The van der Waals surface area contributed by atoms with Crippen molar-refractivity contribution in [1.82, 2.24) is 14.8 Å². The van der Waals surface area contributed by atoms with E-state index in [1.807, 2.05) is 47.8 Å². The second-order valence-corrected chi connectivity index (χ2v) is 6.79. The van der Waals surface area contributed by atoms with Crippen molar-refractivity contribution in [2.24, 2.45) is 0 Å². The molecule has 0 saturated heterocycles. The van der Waals surface area contributed by atoms with Crippen LogP contribution in [0, 0.1) is 0 Å². The fraction of sp³-hybridized carbons (Fsp3) is 0. The van der Waals surface area contributed by atoms with Crippen LogP contribution in [0.5, 0.6) is 0 Å². The maximum atomic E-state index is 12.8. The van der Waals surface area contributed by atoms with E-state index in [9.17, 15) is 4.79 Å². The number of thiazole rings is 1. The summed E-state index contributed by atoms with van der Waals surface area (Å²) in [6, 6.07) is 18.6. The second kappa shape index (κ2) is 7.11. The number of carbonyl (C=O) groups is 1. The third-order valence-electron chi connectivity index (χ3n) is 3.74. The first-order valence-corrected chi connectivity index (χ1v) is 9.09. The molecule has 1 N–H and O–H groups in total. The number of benzene rings is 2. The molecular weight excluding hydrogens is 368 g/mol. The molecule has 128 valence electrons. The van der Waals surface area contributed by atoms with E-state index in [1.54, 1.807) is 29.1 Å². The van der Waals surface area contributed by atoms with Gasteiger partial charge in [0.05, 0.1) is 11.4 Å². The van der Waals surface area contributed by atoms with Crippen LogP contribution >= 0.6 is 22.9 Å². The Hall–Kier alpha value is -2.96. The van der Waals surface area contributed by atoms with Gasteiger partial charge >= 0.3 is 0 Å². The number of hydrogen-bond acceptors (Lipinski definition) is 4. The lowest BCUT2D eigenvalue weighted by Gasteiger charge is -2.06. The summed E-state index contributed by atoms with van der Waals surface area (Å²) in [6.07, 6.45) is 1.65. The van der Waals surface area contributed by atoms with Crippen LogP contribution in [-0.4, -0.2) is 20.7 Å². The van der Waals surface area contributed by atoms with Crippen LogP contribution < -0.4 is 5.32 Å². The van der Waals surface area contributed by atoms with Crippen LogP contribution in [0.3, 0.4) is 0 Å². The minimum absolute atomic E-state index is 0.267. The first-order valence-electron chi connectivity index (χ1n) is 7.83. The van der Waals surface area contributed by atoms with Crippen LogP contribution in [-0.2, 0) is 0 Å². The van der Waals surface area contributed by atoms with E-state index in [0.29, 0.717) is 21.5 Å². The Balaban J connectivity index is 1.77. The molecule has 1 amide bonds. The minimum atomic E-state index is -0.267. The molecule has 26 heavy (non-hydrogen) atoms. The molecule has 2 aromatic heterocycles. The average Bonchev–Trinajstić information content (AvgIpc) is 3.33. The largest absolute Gasteiger partial charge is 0.296 e. The molecule has 0 aliphatic carbocycles. The fourth-order valence-corrected chi connectivity index (χ4v) is 3.17. The van der Waals surface area contributed by atoms with Crippen molar-refractivity contribution in [3.63, 3.8) is 0 Å². The number of nitrogens with one attached hydrogen (secondary N) is 1. The van der Waals surface area contributed by atoms with Crippen molar-refractivity contribution in [2.45, 2.75) is 0 Å². The molecule has 5 nitrogen and oxygen atoms in total. The highest BCUT2D eigenvalue weighted by Crippen LogP contribution is 2.24. The predicted molar refractivity (Wildman–Crippen MR) is 104 cm³/mol. The van der Waals surface area contributed by atoms with Gasteiger partial charge in [-0.25, -0.2) is 9.67 Å². The topological polar surface area (TPSA) is 59.8 Å². The van der Waals surface area contributed by atoms with E-state index < -0.39 is 0 Å². The smallest absolute Gasteiger partial charge is 0.276 e. The number of para-hydroxylation sites is 1. The number of amides is 1. The van der Waals surface area contributed by atoms with Crippen molar-refractivity contribution in [3.05, 3.63) is 83.0 Å². The molecule has 7 heteroatoms. The van der Waals surface area contributed by atoms with E-state index in [2.05, 4.69) is 15.4 Å². The SMILES string of the molecule is O=C(Nc1nccs1)c1cc(-c2ccc(Cl)cc2)nn1-c1ccccc1. The maximum Gasteiger partial charge on any atom is 0.276 e. The zero-order valence-corrected chi connectivity index (χ0v) is 15.0. The minimum Gasteiger partial charge on any atom is -0.296 e. The highest BCUT2D eigenvalue weighted by Gasteiger charge is 2.18. The fourth-order valence-electron chi connectivity index (χ4n) is 2.52. The first kappa shape index (κ1) is 16.5. The zero-order valence-electron chi connectivity index (χ0n) is 13.5. The number of carbonyl (C=O) groups excluding carboxylic acids is 1. The summed E-state index contributed by atoms with van der Waals surface area (Å²) in [4.78, 5) is 16.9. The van der Waals surface area contributed by atoms with Crippen LogP contribution in [0.25, 0.3) is 16.9 Å². The van der Waals surface area contributed by atoms with E-state index in [-0.39, 0.29) is 5.91 Å². The summed E-state index contributed by atoms with van der Waals surface area (Å²) in [6.45, 7) is 0. The van der Waals surface area contributed by atoms with E-state index in [1.165, 1.54) is 11.3 Å². The molecular formula is C19H13ClN4OS.